The molecule has 148 valence electrons. The number of phenolic OH excluding ortho intramolecular Hbond substituents is 1. The topological polar surface area (TPSA) is 79.1 Å². The van der Waals surface area contributed by atoms with Crippen molar-refractivity contribution in [2.75, 3.05) is 25.0 Å². The average Bonchev–Trinajstić information content (AvgIpc) is 3.36. The molecule has 1 aliphatic heterocycles. The SMILES string of the molecule is CN[C@@H]1CCN(c2cnc3nc(-c4cc5cn(C)nc5c(C)c4O)ccc3c2)C1. The number of aryl methyl sites for hydroxylation is 2. The monoisotopic (exact) mass is 388 g/mol. The number of rotatable bonds is 3. The quantitative estimate of drug-likeness (QED) is 0.562. The summed E-state index contributed by atoms with van der Waals surface area (Å²) in [6, 6.07) is 8.59. The number of benzene rings is 1. The maximum atomic E-state index is 10.7. The lowest BCUT2D eigenvalue weighted by Crippen LogP contribution is -2.29. The molecule has 0 aliphatic carbocycles. The van der Waals surface area contributed by atoms with Gasteiger partial charge in [0.2, 0.25) is 0 Å². The Balaban J connectivity index is 1.54. The molecule has 0 spiro atoms. The number of pyridine rings is 2. The predicted octanol–water partition coefficient (Wildman–Crippen LogP) is 3.00. The lowest BCUT2D eigenvalue weighted by molar-refractivity contribution is 0.474. The molecule has 1 saturated heterocycles. The molecule has 0 saturated carbocycles. The van der Waals surface area contributed by atoms with Crippen molar-refractivity contribution < 1.29 is 5.11 Å². The first-order valence-corrected chi connectivity index (χ1v) is 9.89. The van der Waals surface area contributed by atoms with E-state index < -0.39 is 0 Å². The van der Waals surface area contributed by atoms with Crippen LogP contribution in [0.3, 0.4) is 0 Å². The fourth-order valence-electron chi connectivity index (χ4n) is 4.19. The summed E-state index contributed by atoms with van der Waals surface area (Å²) < 4.78 is 1.76. The zero-order chi connectivity index (χ0) is 20.1. The molecule has 0 unspecified atom stereocenters. The lowest BCUT2D eigenvalue weighted by atomic mass is 10.0. The Morgan fingerprint density at radius 3 is 2.86 bits per heavy atom. The molecule has 7 nitrogen and oxygen atoms in total. The van der Waals surface area contributed by atoms with Crippen LogP contribution in [0.15, 0.2) is 36.7 Å². The number of phenols is 1. The molecular weight excluding hydrogens is 364 g/mol. The van der Waals surface area contributed by atoms with E-state index >= 15 is 0 Å². The van der Waals surface area contributed by atoms with E-state index in [1.807, 2.05) is 51.6 Å². The van der Waals surface area contributed by atoms with E-state index in [9.17, 15) is 5.11 Å². The Bertz CT molecular complexity index is 1230. The molecule has 1 aromatic carbocycles. The maximum absolute atomic E-state index is 10.7. The van der Waals surface area contributed by atoms with Crippen molar-refractivity contribution in [2.24, 2.45) is 7.05 Å². The summed E-state index contributed by atoms with van der Waals surface area (Å²) in [4.78, 5) is 11.7. The van der Waals surface area contributed by atoms with Gasteiger partial charge in [0.1, 0.15) is 5.75 Å². The van der Waals surface area contributed by atoms with Crippen LogP contribution in [-0.2, 0) is 7.05 Å². The summed E-state index contributed by atoms with van der Waals surface area (Å²) in [7, 11) is 3.89. The van der Waals surface area contributed by atoms with Crippen LogP contribution in [-0.4, -0.2) is 51.0 Å². The predicted molar refractivity (Wildman–Crippen MR) is 115 cm³/mol. The smallest absolute Gasteiger partial charge is 0.159 e. The van der Waals surface area contributed by atoms with E-state index in [1.165, 1.54) is 0 Å². The molecule has 1 fully saturated rings. The van der Waals surface area contributed by atoms with Gasteiger partial charge < -0.3 is 15.3 Å². The first-order valence-electron chi connectivity index (χ1n) is 9.89. The number of hydrogen-bond acceptors (Lipinski definition) is 6. The van der Waals surface area contributed by atoms with Crippen molar-refractivity contribution in [3.63, 3.8) is 0 Å². The molecule has 4 heterocycles. The molecule has 7 heteroatoms. The number of likely N-dealkylation sites (N-methyl/N-ethyl adjacent to an activating group) is 1. The highest BCUT2D eigenvalue weighted by Crippen LogP contribution is 2.36. The summed E-state index contributed by atoms with van der Waals surface area (Å²) in [5.74, 6) is 0.217. The molecule has 29 heavy (non-hydrogen) atoms. The van der Waals surface area contributed by atoms with Crippen LogP contribution in [0.25, 0.3) is 33.2 Å². The molecule has 1 atom stereocenters. The molecule has 0 radical (unpaired) electrons. The second-order valence-electron chi connectivity index (χ2n) is 7.80. The van der Waals surface area contributed by atoms with E-state index in [2.05, 4.69) is 26.4 Å². The van der Waals surface area contributed by atoms with Crippen LogP contribution in [0.5, 0.6) is 5.75 Å². The fraction of sp³-hybridized carbons (Fsp3) is 0.318. The van der Waals surface area contributed by atoms with Gasteiger partial charge in [-0.1, -0.05) is 0 Å². The van der Waals surface area contributed by atoms with Gasteiger partial charge in [-0.05, 0) is 44.7 Å². The van der Waals surface area contributed by atoms with Crippen LogP contribution < -0.4 is 10.2 Å². The van der Waals surface area contributed by atoms with Crippen molar-refractivity contribution in [1.29, 1.82) is 0 Å². The van der Waals surface area contributed by atoms with E-state index in [-0.39, 0.29) is 5.75 Å². The molecule has 0 amide bonds. The Morgan fingerprint density at radius 1 is 1.21 bits per heavy atom. The normalized spacial score (nSPS) is 16.9. The van der Waals surface area contributed by atoms with Crippen molar-refractivity contribution >= 4 is 27.6 Å². The number of nitrogens with zero attached hydrogens (tertiary/aromatic N) is 5. The maximum Gasteiger partial charge on any atom is 0.159 e. The van der Waals surface area contributed by atoms with E-state index in [1.54, 1.807) is 4.68 Å². The molecule has 5 rings (SSSR count). The minimum atomic E-state index is 0.217. The number of aromatic nitrogens is 4. The number of hydrogen-bond donors (Lipinski definition) is 2. The zero-order valence-electron chi connectivity index (χ0n) is 16.8. The third-order valence-corrected chi connectivity index (χ3v) is 5.89. The van der Waals surface area contributed by atoms with Crippen LogP contribution >= 0.6 is 0 Å². The Labute approximate surface area is 169 Å². The molecule has 1 aliphatic rings. The van der Waals surface area contributed by atoms with Crippen LogP contribution in [0.4, 0.5) is 5.69 Å². The highest BCUT2D eigenvalue weighted by Gasteiger charge is 2.22. The Kier molecular flexibility index (Phi) is 4.13. The summed E-state index contributed by atoms with van der Waals surface area (Å²) >= 11 is 0. The van der Waals surface area contributed by atoms with Gasteiger partial charge >= 0.3 is 0 Å². The minimum absolute atomic E-state index is 0.217. The number of fused-ring (bicyclic) bond motifs is 2. The van der Waals surface area contributed by atoms with Crippen LogP contribution in [0, 0.1) is 6.92 Å². The second-order valence-corrected chi connectivity index (χ2v) is 7.80. The second kappa shape index (κ2) is 6.70. The van der Waals surface area contributed by atoms with Crippen LogP contribution in [0.2, 0.25) is 0 Å². The Hall–Kier alpha value is -3.19. The first kappa shape index (κ1) is 17.9. The largest absolute Gasteiger partial charge is 0.507 e. The third-order valence-electron chi connectivity index (χ3n) is 5.89. The van der Waals surface area contributed by atoms with Gasteiger partial charge in [-0.25, -0.2) is 9.97 Å². The van der Waals surface area contributed by atoms with Crippen molar-refractivity contribution in [3.05, 3.63) is 42.2 Å². The van der Waals surface area contributed by atoms with Gasteiger partial charge in [-0.3, -0.25) is 4.68 Å². The third kappa shape index (κ3) is 2.98. The fourth-order valence-corrected chi connectivity index (χ4v) is 4.19. The van der Waals surface area contributed by atoms with Crippen molar-refractivity contribution in [2.45, 2.75) is 19.4 Å². The Morgan fingerprint density at radius 2 is 2.07 bits per heavy atom. The van der Waals surface area contributed by atoms with Crippen LogP contribution in [0.1, 0.15) is 12.0 Å². The van der Waals surface area contributed by atoms with Gasteiger partial charge in [0.05, 0.1) is 23.1 Å². The molecular formula is C22H24N6O. The molecule has 2 N–H and O–H groups in total. The number of nitrogens with one attached hydrogen (secondary N) is 1. The van der Waals surface area contributed by atoms with E-state index in [0.29, 0.717) is 22.9 Å². The van der Waals surface area contributed by atoms with Crippen molar-refractivity contribution in [3.8, 4) is 17.0 Å². The summed E-state index contributed by atoms with van der Waals surface area (Å²) in [6.45, 7) is 3.91. The van der Waals surface area contributed by atoms with Gasteiger partial charge in [0, 0.05) is 54.3 Å². The average molecular weight is 388 g/mol. The summed E-state index contributed by atoms with van der Waals surface area (Å²) in [5.41, 5.74) is 4.78. The first-order chi connectivity index (χ1) is 14.0. The highest BCUT2D eigenvalue weighted by molar-refractivity contribution is 5.91. The number of aromatic hydroxyl groups is 1. The zero-order valence-corrected chi connectivity index (χ0v) is 16.8. The highest BCUT2D eigenvalue weighted by atomic mass is 16.3. The van der Waals surface area contributed by atoms with Gasteiger partial charge in [-0.2, -0.15) is 5.10 Å². The van der Waals surface area contributed by atoms with E-state index in [4.69, 9.17) is 4.98 Å². The van der Waals surface area contributed by atoms with Gasteiger partial charge in [0.15, 0.2) is 5.65 Å². The number of anilines is 1. The van der Waals surface area contributed by atoms with E-state index in [0.717, 1.165) is 47.1 Å². The van der Waals surface area contributed by atoms with Gasteiger partial charge in [-0.15, -0.1) is 0 Å². The molecule has 0 bridgehead atoms. The molecule has 3 aromatic heterocycles. The summed E-state index contributed by atoms with van der Waals surface area (Å²) in [6.07, 6.45) is 4.99. The minimum Gasteiger partial charge on any atom is -0.507 e. The molecule has 4 aromatic rings. The lowest BCUT2D eigenvalue weighted by Gasteiger charge is -2.18. The summed E-state index contributed by atoms with van der Waals surface area (Å²) in [5, 5.41) is 20.5. The van der Waals surface area contributed by atoms with Crippen molar-refractivity contribution in [1.82, 2.24) is 25.1 Å². The standard InChI is InChI=1S/C22H24N6O/c1-13-20-15(11-27(3)26-20)9-18(21(13)29)19-5-4-14-8-17(10-24-22(14)25-19)28-7-6-16(12-28)23-2/h4-5,8-11,16,23,29H,6-7,12H2,1-3H3/t16-/m1/s1. The van der Waals surface area contributed by atoms with Gasteiger partial charge in [0.25, 0.3) is 0 Å².